The first-order valence-electron chi connectivity index (χ1n) is 7.65. The van der Waals surface area contributed by atoms with Crippen molar-refractivity contribution in [3.8, 4) is 0 Å². The maximum atomic E-state index is 11.1. The van der Waals surface area contributed by atoms with E-state index in [0.717, 1.165) is 22.0 Å². The Bertz CT molecular complexity index is 1090. The van der Waals surface area contributed by atoms with Crippen molar-refractivity contribution in [3.63, 3.8) is 0 Å². The largest absolute Gasteiger partial charge is 0.354 e. The van der Waals surface area contributed by atoms with E-state index >= 15 is 0 Å². The van der Waals surface area contributed by atoms with Gasteiger partial charge < -0.3 is 4.98 Å². The first-order valence-corrected chi connectivity index (χ1v) is 7.65. The highest BCUT2D eigenvalue weighted by atomic mass is 16.6. The van der Waals surface area contributed by atoms with Crippen LogP contribution in [0.5, 0.6) is 0 Å². The number of rotatable bonds is 3. The molecule has 0 spiro atoms. The molecule has 0 aliphatic carbocycles. The van der Waals surface area contributed by atoms with Crippen molar-refractivity contribution in [2.75, 3.05) is 0 Å². The highest BCUT2D eigenvalue weighted by Crippen LogP contribution is 2.29. The van der Waals surface area contributed by atoms with E-state index in [1.807, 2.05) is 36.4 Å². The van der Waals surface area contributed by atoms with E-state index in [4.69, 9.17) is 0 Å². The van der Waals surface area contributed by atoms with Gasteiger partial charge in [0.1, 0.15) is 0 Å². The number of aromatic amines is 1. The summed E-state index contributed by atoms with van der Waals surface area (Å²) in [5.74, 6) is 0. The highest BCUT2D eigenvalue weighted by Gasteiger charge is 2.10. The molecule has 0 aliphatic rings. The number of aromatic nitrogens is 1. The van der Waals surface area contributed by atoms with E-state index in [-0.39, 0.29) is 10.6 Å². The second-order valence-corrected chi connectivity index (χ2v) is 5.59. The number of fused-ring (bicyclic) bond motifs is 3. The second kappa shape index (κ2) is 5.66. The molecule has 0 saturated heterocycles. The number of nitrogens with zero attached hydrogens (tertiary/aromatic N) is 1. The van der Waals surface area contributed by atoms with Gasteiger partial charge in [0.25, 0.3) is 5.69 Å². The third-order valence-electron chi connectivity index (χ3n) is 4.15. The van der Waals surface area contributed by atoms with Crippen LogP contribution in [0.2, 0.25) is 0 Å². The lowest BCUT2D eigenvalue weighted by Gasteiger charge is -1.99. The average Bonchev–Trinajstić information content (AvgIpc) is 2.99. The van der Waals surface area contributed by atoms with Crippen molar-refractivity contribution in [2.45, 2.75) is 0 Å². The summed E-state index contributed by atoms with van der Waals surface area (Å²) in [6, 6.07) is 21.0. The molecule has 0 atom stereocenters. The van der Waals surface area contributed by atoms with E-state index < -0.39 is 0 Å². The molecular weight excluding hydrogens is 300 g/mol. The zero-order chi connectivity index (χ0) is 16.5. The van der Waals surface area contributed by atoms with Crippen molar-refractivity contribution < 1.29 is 4.92 Å². The number of hydrogen-bond acceptors (Lipinski definition) is 2. The summed E-state index contributed by atoms with van der Waals surface area (Å²) in [5.41, 5.74) is 3.82. The van der Waals surface area contributed by atoms with Crippen LogP contribution in [0.1, 0.15) is 11.1 Å². The number of H-pyrrole nitrogens is 1. The van der Waals surface area contributed by atoms with Crippen molar-refractivity contribution in [2.24, 2.45) is 0 Å². The minimum Gasteiger partial charge on any atom is -0.354 e. The molecule has 24 heavy (non-hydrogen) atoms. The van der Waals surface area contributed by atoms with Crippen LogP contribution < -0.4 is 0 Å². The number of hydrogen-bond donors (Lipinski definition) is 1. The summed E-state index contributed by atoms with van der Waals surface area (Å²) >= 11 is 0. The molecule has 4 nitrogen and oxygen atoms in total. The number of nitro benzene ring substituents is 1. The van der Waals surface area contributed by atoms with Crippen LogP contribution in [0.15, 0.2) is 66.7 Å². The molecule has 0 bridgehead atoms. The Morgan fingerprint density at radius 1 is 0.792 bits per heavy atom. The molecule has 0 radical (unpaired) electrons. The van der Waals surface area contributed by atoms with Gasteiger partial charge >= 0.3 is 0 Å². The number of benzene rings is 3. The number of nitro groups is 1. The van der Waals surface area contributed by atoms with Crippen molar-refractivity contribution in [1.29, 1.82) is 0 Å². The summed E-state index contributed by atoms with van der Waals surface area (Å²) in [5, 5.41) is 13.5. The third-order valence-corrected chi connectivity index (χ3v) is 4.15. The zero-order valence-corrected chi connectivity index (χ0v) is 12.8. The highest BCUT2D eigenvalue weighted by molar-refractivity contribution is 6.09. The van der Waals surface area contributed by atoms with E-state index in [0.29, 0.717) is 5.56 Å². The third kappa shape index (κ3) is 2.34. The van der Waals surface area contributed by atoms with Crippen LogP contribution in [0.25, 0.3) is 34.0 Å². The van der Waals surface area contributed by atoms with Gasteiger partial charge in [-0.3, -0.25) is 10.1 Å². The molecule has 4 aromatic rings. The average molecular weight is 314 g/mol. The summed E-state index contributed by atoms with van der Waals surface area (Å²) in [4.78, 5) is 14.2. The Morgan fingerprint density at radius 2 is 1.46 bits per heavy atom. The standard InChI is InChI=1S/C20H14N2O2/c23-22(24)19-11-4-1-6-14(19)12-13-15-7-5-9-17-16-8-2-3-10-18(16)21-20(15)17/h1-13,21H/b13-12+. The van der Waals surface area contributed by atoms with Gasteiger partial charge in [-0.05, 0) is 23.8 Å². The normalized spacial score (nSPS) is 11.5. The second-order valence-electron chi connectivity index (χ2n) is 5.59. The van der Waals surface area contributed by atoms with Crippen molar-refractivity contribution in [1.82, 2.24) is 4.98 Å². The first kappa shape index (κ1) is 14.2. The minimum absolute atomic E-state index is 0.109. The molecule has 4 rings (SSSR count). The van der Waals surface area contributed by atoms with Gasteiger partial charge in [-0.2, -0.15) is 0 Å². The maximum absolute atomic E-state index is 11.1. The first-order chi connectivity index (χ1) is 11.7. The Kier molecular flexibility index (Phi) is 3.35. The monoisotopic (exact) mass is 314 g/mol. The zero-order valence-electron chi connectivity index (χ0n) is 12.8. The molecule has 1 heterocycles. The van der Waals surface area contributed by atoms with Gasteiger partial charge in [0.05, 0.1) is 16.0 Å². The predicted molar refractivity (Wildman–Crippen MR) is 97.8 cm³/mol. The lowest BCUT2D eigenvalue weighted by Crippen LogP contribution is -1.90. The quantitative estimate of drug-likeness (QED) is 0.313. The van der Waals surface area contributed by atoms with Crippen LogP contribution in [0.3, 0.4) is 0 Å². The van der Waals surface area contributed by atoms with Crippen molar-refractivity contribution in [3.05, 3.63) is 88.0 Å². The Balaban J connectivity index is 1.85. The lowest BCUT2D eigenvalue weighted by molar-refractivity contribution is -0.385. The molecule has 0 saturated carbocycles. The van der Waals surface area contributed by atoms with Crippen LogP contribution >= 0.6 is 0 Å². The number of nitrogens with one attached hydrogen (secondary N) is 1. The smallest absolute Gasteiger partial charge is 0.276 e. The summed E-state index contributed by atoms with van der Waals surface area (Å²) in [6.45, 7) is 0. The molecule has 3 aromatic carbocycles. The summed E-state index contributed by atoms with van der Waals surface area (Å²) < 4.78 is 0. The molecule has 1 N–H and O–H groups in total. The van der Waals surface area contributed by atoms with Gasteiger partial charge in [-0.15, -0.1) is 0 Å². The number of para-hydroxylation sites is 3. The summed E-state index contributed by atoms with van der Waals surface area (Å²) in [7, 11) is 0. The van der Waals surface area contributed by atoms with Crippen LogP contribution in [0.4, 0.5) is 5.69 Å². The van der Waals surface area contributed by atoms with Crippen LogP contribution in [-0.2, 0) is 0 Å². The SMILES string of the molecule is O=[N+]([O-])c1ccccc1/C=C/c1cccc2c1[nH]c1ccccc12. The van der Waals surface area contributed by atoms with Gasteiger partial charge in [0, 0.05) is 22.4 Å². The molecule has 4 heteroatoms. The topological polar surface area (TPSA) is 58.9 Å². The van der Waals surface area contributed by atoms with Crippen LogP contribution in [-0.4, -0.2) is 9.91 Å². The van der Waals surface area contributed by atoms with E-state index in [9.17, 15) is 10.1 Å². The fraction of sp³-hybridized carbons (Fsp3) is 0. The van der Waals surface area contributed by atoms with E-state index in [2.05, 4.69) is 17.1 Å². The lowest BCUT2D eigenvalue weighted by atomic mass is 10.1. The van der Waals surface area contributed by atoms with Gasteiger partial charge in [-0.1, -0.05) is 54.6 Å². The molecule has 0 unspecified atom stereocenters. The molecule has 116 valence electrons. The van der Waals surface area contributed by atoms with Gasteiger partial charge in [-0.25, -0.2) is 0 Å². The Labute approximate surface area is 138 Å². The Morgan fingerprint density at radius 3 is 2.33 bits per heavy atom. The molecular formula is C20H14N2O2. The molecule has 1 aromatic heterocycles. The minimum atomic E-state index is -0.358. The molecule has 0 amide bonds. The van der Waals surface area contributed by atoms with Crippen molar-refractivity contribution >= 4 is 39.6 Å². The Hall–Kier alpha value is -3.40. The van der Waals surface area contributed by atoms with Crippen LogP contribution in [0, 0.1) is 10.1 Å². The predicted octanol–water partition coefficient (Wildman–Crippen LogP) is 5.40. The van der Waals surface area contributed by atoms with Gasteiger partial charge in [0.2, 0.25) is 0 Å². The molecule has 0 fully saturated rings. The van der Waals surface area contributed by atoms with E-state index in [1.165, 1.54) is 11.5 Å². The van der Waals surface area contributed by atoms with E-state index in [1.54, 1.807) is 24.3 Å². The molecule has 0 aliphatic heterocycles. The summed E-state index contributed by atoms with van der Waals surface area (Å²) in [6.07, 6.45) is 3.71. The van der Waals surface area contributed by atoms with Gasteiger partial charge in [0.15, 0.2) is 0 Å². The fourth-order valence-corrected chi connectivity index (χ4v) is 3.01. The fourth-order valence-electron chi connectivity index (χ4n) is 3.01. The maximum Gasteiger partial charge on any atom is 0.276 e.